The Morgan fingerprint density at radius 1 is 1.08 bits per heavy atom. The summed E-state index contributed by atoms with van der Waals surface area (Å²) in [4.78, 5) is 63.0. The molecule has 3 atom stereocenters. The van der Waals surface area contributed by atoms with E-state index in [0.29, 0.717) is 65.1 Å². The molecule has 1 aromatic heterocycles. The first-order valence-corrected chi connectivity index (χ1v) is 17.5. The highest BCUT2D eigenvalue weighted by molar-refractivity contribution is 5.93. The molecule has 2 aromatic rings. The summed E-state index contributed by atoms with van der Waals surface area (Å²) in [5.74, 6) is -1.26. The maximum absolute atomic E-state index is 14.4. The summed E-state index contributed by atoms with van der Waals surface area (Å²) >= 11 is 0. The Bertz CT molecular complexity index is 1600. The number of ether oxygens (including phenoxy) is 1. The van der Waals surface area contributed by atoms with E-state index in [1.165, 1.54) is 11.1 Å². The van der Waals surface area contributed by atoms with Gasteiger partial charge in [0.05, 0.1) is 24.7 Å². The number of allylic oxidation sites excluding steroid dienone is 3. The molecule has 5 rings (SSSR count). The monoisotopic (exact) mass is 659 g/mol. The fraction of sp³-hybridized carbons (Fsp3) is 0.579. The largest absolute Gasteiger partial charge is 0.378 e. The molecule has 3 aliphatic heterocycles. The van der Waals surface area contributed by atoms with Crippen LogP contribution >= 0.6 is 0 Å². The number of carbonyl (C=O) groups excluding carboxylic acids is 4. The minimum Gasteiger partial charge on any atom is -0.378 e. The normalized spacial score (nSPS) is 22.6. The quantitative estimate of drug-likeness (QED) is 0.346. The number of rotatable bonds is 11. The molecular weight excluding hydrogens is 606 g/mol. The highest BCUT2D eigenvalue weighted by atomic mass is 16.5. The number of fused-ring (bicyclic) bond motifs is 5. The van der Waals surface area contributed by atoms with Crippen LogP contribution in [0.2, 0.25) is 0 Å². The Morgan fingerprint density at radius 2 is 1.83 bits per heavy atom. The van der Waals surface area contributed by atoms with E-state index in [4.69, 9.17) is 4.74 Å². The van der Waals surface area contributed by atoms with Crippen LogP contribution in [0.3, 0.4) is 0 Å². The van der Waals surface area contributed by atoms with Gasteiger partial charge in [0.15, 0.2) is 0 Å². The Hall–Kier alpha value is -3.92. The molecule has 1 aromatic carbocycles. The number of nitrogens with one attached hydrogen (secondary N) is 2. The maximum atomic E-state index is 14.4. The van der Waals surface area contributed by atoms with Gasteiger partial charge in [-0.1, -0.05) is 35.4 Å². The molecule has 0 unspecified atom stereocenters. The highest BCUT2D eigenvalue weighted by Gasteiger charge is 2.57. The summed E-state index contributed by atoms with van der Waals surface area (Å²) in [5, 5.41) is 4.08. The van der Waals surface area contributed by atoms with Crippen LogP contribution < -0.4 is 5.32 Å². The fourth-order valence-electron chi connectivity index (χ4n) is 7.59. The average molecular weight is 660 g/mol. The number of morpholine rings is 1. The van der Waals surface area contributed by atoms with Crippen molar-refractivity contribution in [3.8, 4) is 0 Å². The number of nitrogens with zero attached hydrogens (tertiary/aromatic N) is 3. The molecule has 0 radical (unpaired) electrons. The average Bonchev–Trinajstić information content (AvgIpc) is 3.44. The molecular formula is C38H53N5O5. The van der Waals surface area contributed by atoms with Crippen LogP contribution in [0, 0.1) is 11.8 Å². The van der Waals surface area contributed by atoms with E-state index in [2.05, 4.69) is 55.3 Å². The predicted octanol–water partition coefficient (Wildman–Crippen LogP) is 4.48. The number of aromatic nitrogens is 1. The number of hydrogen-bond acceptors (Lipinski definition) is 5. The maximum Gasteiger partial charge on any atom is 0.228 e. The molecule has 2 saturated heterocycles. The van der Waals surface area contributed by atoms with Crippen LogP contribution in [0.4, 0.5) is 0 Å². The van der Waals surface area contributed by atoms with Crippen LogP contribution in [-0.2, 0) is 42.3 Å². The molecule has 0 spiro atoms. The second kappa shape index (κ2) is 15.1. The van der Waals surface area contributed by atoms with Gasteiger partial charge >= 0.3 is 0 Å². The van der Waals surface area contributed by atoms with E-state index in [1.807, 2.05) is 22.8 Å². The molecule has 0 aliphatic carbocycles. The molecule has 0 saturated carbocycles. The minimum absolute atomic E-state index is 0.00743. The predicted molar refractivity (Wildman–Crippen MR) is 187 cm³/mol. The van der Waals surface area contributed by atoms with E-state index in [0.717, 1.165) is 40.6 Å². The minimum atomic E-state index is -0.891. The van der Waals surface area contributed by atoms with Crippen LogP contribution in [0.5, 0.6) is 0 Å². The zero-order chi connectivity index (χ0) is 34.6. The first-order valence-electron chi connectivity index (χ1n) is 17.5. The molecule has 4 amide bonds. The van der Waals surface area contributed by atoms with Crippen molar-refractivity contribution < 1.29 is 23.9 Å². The molecule has 10 nitrogen and oxygen atoms in total. The summed E-state index contributed by atoms with van der Waals surface area (Å²) in [6, 6.07) is 6.27. The molecule has 0 bridgehead atoms. The summed E-state index contributed by atoms with van der Waals surface area (Å²) in [6.07, 6.45) is 8.23. The standard InChI is InChI=1S/C38H53N5O5/c1-25(2)8-7-9-26(3)14-16-39-33(44)24-28-23-31(37(47)42-18-20-48-21-19-42)38(4)35-30(15-17-43(38)36(28)46)29-12-10-27(22-32(29)40-35)11-13-34(45)41(5)6/h8,10,12,14,22,28,31,40H,7,9,11,13,15-21,23-24H2,1-6H3,(H,39,44)/b26-14+/t28-,31-,38+/m1/s1. The summed E-state index contributed by atoms with van der Waals surface area (Å²) in [5.41, 5.74) is 5.67. The van der Waals surface area contributed by atoms with Gasteiger partial charge in [0.2, 0.25) is 23.6 Å². The number of hydrogen-bond donors (Lipinski definition) is 2. The van der Waals surface area contributed by atoms with Gasteiger partial charge in [-0.2, -0.15) is 0 Å². The van der Waals surface area contributed by atoms with Gasteiger partial charge in [0.25, 0.3) is 0 Å². The first kappa shape index (κ1) is 35.4. The lowest BCUT2D eigenvalue weighted by atomic mass is 9.67. The van der Waals surface area contributed by atoms with Gasteiger partial charge < -0.3 is 29.7 Å². The Labute approximate surface area is 284 Å². The van der Waals surface area contributed by atoms with Crippen molar-refractivity contribution in [2.45, 2.75) is 78.2 Å². The van der Waals surface area contributed by atoms with Gasteiger partial charge in [-0.15, -0.1) is 0 Å². The van der Waals surface area contributed by atoms with E-state index in [1.54, 1.807) is 19.0 Å². The molecule has 2 fully saturated rings. The van der Waals surface area contributed by atoms with Crippen molar-refractivity contribution >= 4 is 34.5 Å². The van der Waals surface area contributed by atoms with Crippen molar-refractivity contribution in [1.29, 1.82) is 0 Å². The number of amides is 4. The zero-order valence-electron chi connectivity index (χ0n) is 29.6. The lowest BCUT2D eigenvalue weighted by Crippen LogP contribution is -2.65. The highest BCUT2D eigenvalue weighted by Crippen LogP contribution is 2.50. The number of carbonyl (C=O) groups is 4. The molecule has 4 heterocycles. The van der Waals surface area contributed by atoms with Gasteiger partial charge in [-0.3, -0.25) is 19.2 Å². The van der Waals surface area contributed by atoms with Crippen LogP contribution in [0.1, 0.15) is 76.6 Å². The second-order valence-corrected chi connectivity index (χ2v) is 14.3. The van der Waals surface area contributed by atoms with Gasteiger partial charge in [-0.05, 0) is 77.0 Å². The number of benzene rings is 1. The Balaban J connectivity index is 1.39. The Morgan fingerprint density at radius 3 is 2.54 bits per heavy atom. The SMILES string of the molecule is CC(C)=CCC/C(C)=C/CNC(=O)C[C@H]1C[C@H](C(=O)N2CCOCC2)[C@@]2(C)c3[nH]c4cc(CCC(=O)N(C)C)ccc4c3CCN2C1=O. The zero-order valence-corrected chi connectivity index (χ0v) is 29.6. The topological polar surface area (TPSA) is 115 Å². The van der Waals surface area contributed by atoms with Crippen molar-refractivity contribution in [3.63, 3.8) is 0 Å². The van der Waals surface area contributed by atoms with Crippen LogP contribution in [0.15, 0.2) is 41.5 Å². The third-order valence-electron chi connectivity index (χ3n) is 10.5. The summed E-state index contributed by atoms with van der Waals surface area (Å²) in [6.45, 7) is 11.2. The van der Waals surface area contributed by atoms with Gasteiger partial charge in [0.1, 0.15) is 0 Å². The molecule has 2 N–H and O–H groups in total. The van der Waals surface area contributed by atoms with Crippen molar-refractivity contribution in [2.75, 3.05) is 53.5 Å². The second-order valence-electron chi connectivity index (χ2n) is 14.3. The van der Waals surface area contributed by atoms with Crippen molar-refractivity contribution in [3.05, 3.63) is 58.3 Å². The third-order valence-corrected chi connectivity index (χ3v) is 10.5. The van der Waals surface area contributed by atoms with Crippen molar-refractivity contribution in [2.24, 2.45) is 11.8 Å². The fourth-order valence-corrected chi connectivity index (χ4v) is 7.59. The van der Waals surface area contributed by atoms with E-state index in [-0.39, 0.29) is 30.0 Å². The number of aryl methyl sites for hydroxylation is 1. The molecule has 3 aliphatic rings. The van der Waals surface area contributed by atoms with E-state index >= 15 is 0 Å². The van der Waals surface area contributed by atoms with Crippen molar-refractivity contribution in [1.82, 2.24) is 25.0 Å². The van der Waals surface area contributed by atoms with E-state index < -0.39 is 17.4 Å². The number of H-pyrrole nitrogens is 1. The molecule has 10 heteroatoms. The smallest absolute Gasteiger partial charge is 0.228 e. The summed E-state index contributed by atoms with van der Waals surface area (Å²) < 4.78 is 5.55. The lowest BCUT2D eigenvalue weighted by molar-refractivity contribution is -0.166. The lowest BCUT2D eigenvalue weighted by Gasteiger charge is -2.54. The van der Waals surface area contributed by atoms with Gasteiger partial charge in [0, 0.05) is 75.6 Å². The number of piperidine rings is 1. The van der Waals surface area contributed by atoms with Crippen LogP contribution in [0.25, 0.3) is 10.9 Å². The summed E-state index contributed by atoms with van der Waals surface area (Å²) in [7, 11) is 3.53. The number of aromatic amines is 1. The van der Waals surface area contributed by atoms with Gasteiger partial charge in [-0.25, -0.2) is 0 Å². The van der Waals surface area contributed by atoms with Crippen LogP contribution in [-0.4, -0.2) is 96.8 Å². The molecule has 48 heavy (non-hydrogen) atoms. The molecule has 260 valence electrons. The Kier molecular flexibility index (Phi) is 11.1. The third kappa shape index (κ3) is 7.53. The first-order chi connectivity index (χ1) is 22.9. The van der Waals surface area contributed by atoms with E-state index in [9.17, 15) is 19.2 Å².